The first-order chi connectivity index (χ1) is 6.35. The van der Waals surface area contributed by atoms with Crippen molar-refractivity contribution in [1.29, 1.82) is 0 Å². The summed E-state index contributed by atoms with van der Waals surface area (Å²) in [4.78, 5) is 11.7. The van der Waals surface area contributed by atoms with Gasteiger partial charge in [-0.2, -0.15) is 0 Å². The Morgan fingerprint density at radius 2 is 1.93 bits per heavy atom. The third kappa shape index (κ3) is 2.47. The second kappa shape index (κ2) is 3.89. The largest absolute Gasteiger partial charge is 0.461 e. The lowest BCUT2D eigenvalue weighted by molar-refractivity contribution is -0.157. The number of hydrogen-bond acceptors (Lipinski definition) is 3. The van der Waals surface area contributed by atoms with Crippen LogP contribution in [0.5, 0.6) is 0 Å². The maximum absolute atomic E-state index is 11.7. The Labute approximate surface area is 86.0 Å². The molecule has 0 spiro atoms. The molecule has 0 amide bonds. The van der Waals surface area contributed by atoms with Crippen LogP contribution in [0.2, 0.25) is 0 Å². The smallest absolute Gasteiger partial charge is 0.326 e. The fraction of sp³-hybridized carbons (Fsp3) is 0.909. The van der Waals surface area contributed by atoms with Crippen molar-refractivity contribution >= 4 is 5.97 Å². The highest BCUT2D eigenvalue weighted by Crippen LogP contribution is 2.38. The van der Waals surface area contributed by atoms with Crippen molar-refractivity contribution in [3.8, 4) is 0 Å². The fourth-order valence-corrected chi connectivity index (χ4v) is 1.28. The van der Waals surface area contributed by atoms with Crippen LogP contribution in [0.25, 0.3) is 0 Å². The van der Waals surface area contributed by atoms with Gasteiger partial charge in [0, 0.05) is 0 Å². The van der Waals surface area contributed by atoms with Crippen LogP contribution in [0.3, 0.4) is 0 Å². The van der Waals surface area contributed by atoms with E-state index in [9.17, 15) is 4.79 Å². The maximum atomic E-state index is 11.7. The van der Waals surface area contributed by atoms with E-state index < -0.39 is 5.54 Å². The minimum Gasteiger partial charge on any atom is -0.461 e. The first-order valence-corrected chi connectivity index (χ1v) is 5.35. The monoisotopic (exact) mass is 199 g/mol. The molecule has 14 heavy (non-hydrogen) atoms. The van der Waals surface area contributed by atoms with E-state index in [1.807, 2.05) is 20.8 Å². The molecule has 3 heteroatoms. The van der Waals surface area contributed by atoms with Gasteiger partial charge in [-0.3, -0.25) is 4.79 Å². The highest BCUT2D eigenvalue weighted by molar-refractivity contribution is 5.81. The summed E-state index contributed by atoms with van der Waals surface area (Å²) < 4.78 is 5.31. The second-order valence-electron chi connectivity index (χ2n) is 4.91. The summed E-state index contributed by atoms with van der Waals surface area (Å²) >= 11 is 0. The summed E-state index contributed by atoms with van der Waals surface area (Å²) in [5.74, 6) is 0.421. The van der Waals surface area contributed by atoms with Gasteiger partial charge in [-0.05, 0) is 38.5 Å². The van der Waals surface area contributed by atoms with Crippen molar-refractivity contribution in [2.75, 3.05) is 0 Å². The van der Waals surface area contributed by atoms with Crippen molar-refractivity contribution in [3.05, 3.63) is 0 Å². The number of ether oxygens (including phenoxy) is 1. The molecule has 1 aliphatic rings. The van der Waals surface area contributed by atoms with Gasteiger partial charge < -0.3 is 10.5 Å². The molecule has 3 nitrogen and oxygen atoms in total. The number of hydrogen-bond donors (Lipinski definition) is 1. The van der Waals surface area contributed by atoms with Crippen molar-refractivity contribution in [2.45, 2.75) is 52.2 Å². The molecule has 0 heterocycles. The summed E-state index contributed by atoms with van der Waals surface area (Å²) in [6, 6.07) is 0. The molecule has 0 aromatic carbocycles. The minimum absolute atomic E-state index is 0.0517. The van der Waals surface area contributed by atoms with Gasteiger partial charge in [-0.1, -0.05) is 13.8 Å². The molecule has 2 atom stereocenters. The molecule has 1 aliphatic carbocycles. The quantitative estimate of drug-likeness (QED) is 0.701. The molecule has 0 aromatic rings. The lowest BCUT2D eigenvalue weighted by Gasteiger charge is -2.26. The predicted molar refractivity (Wildman–Crippen MR) is 55.7 cm³/mol. The van der Waals surface area contributed by atoms with Crippen LogP contribution in [0.4, 0.5) is 0 Å². The zero-order valence-electron chi connectivity index (χ0n) is 9.54. The molecular formula is C11H21NO2. The Bertz CT molecular complexity index is 219. The van der Waals surface area contributed by atoms with Crippen molar-refractivity contribution in [3.63, 3.8) is 0 Å². The Balaban J connectivity index is 2.48. The molecule has 1 fully saturated rings. The predicted octanol–water partition coefficient (Wildman–Crippen LogP) is 1.70. The summed E-state index contributed by atoms with van der Waals surface area (Å²) in [5, 5.41) is 0. The van der Waals surface area contributed by atoms with Crippen LogP contribution in [0, 0.1) is 11.8 Å². The third-order valence-corrected chi connectivity index (χ3v) is 3.10. The average Bonchev–Trinajstić information content (AvgIpc) is 2.85. The second-order valence-corrected chi connectivity index (χ2v) is 4.91. The molecule has 2 N–H and O–H groups in total. The zero-order chi connectivity index (χ0) is 10.9. The summed E-state index contributed by atoms with van der Waals surface area (Å²) in [7, 11) is 0. The number of carbonyl (C=O) groups is 1. The first-order valence-electron chi connectivity index (χ1n) is 5.35. The van der Waals surface area contributed by atoms with Crippen LogP contribution < -0.4 is 5.73 Å². The number of rotatable bonds is 4. The standard InChI is InChI=1S/C11H21NO2/c1-7(2)8(3)14-10(13)11(4,12)9-5-6-9/h7-9H,5-6,12H2,1-4H3. The van der Waals surface area contributed by atoms with E-state index in [-0.39, 0.29) is 12.1 Å². The van der Waals surface area contributed by atoms with Crippen LogP contribution in [-0.2, 0) is 9.53 Å². The van der Waals surface area contributed by atoms with Crippen molar-refractivity contribution in [2.24, 2.45) is 17.6 Å². The Kier molecular flexibility index (Phi) is 3.20. The topological polar surface area (TPSA) is 52.3 Å². The van der Waals surface area contributed by atoms with Crippen molar-refractivity contribution in [1.82, 2.24) is 0 Å². The molecule has 1 rings (SSSR count). The van der Waals surface area contributed by atoms with E-state index >= 15 is 0 Å². The van der Waals surface area contributed by atoms with Crippen LogP contribution in [-0.4, -0.2) is 17.6 Å². The highest BCUT2D eigenvalue weighted by atomic mass is 16.5. The van der Waals surface area contributed by atoms with E-state index in [0.29, 0.717) is 11.8 Å². The Morgan fingerprint density at radius 3 is 2.29 bits per heavy atom. The van der Waals surface area contributed by atoms with Crippen LogP contribution in [0.15, 0.2) is 0 Å². The molecule has 0 aromatic heterocycles. The Morgan fingerprint density at radius 1 is 1.43 bits per heavy atom. The third-order valence-electron chi connectivity index (χ3n) is 3.10. The lowest BCUT2D eigenvalue weighted by Crippen LogP contribution is -2.49. The van der Waals surface area contributed by atoms with Gasteiger partial charge in [0.1, 0.15) is 11.6 Å². The highest BCUT2D eigenvalue weighted by Gasteiger charge is 2.45. The van der Waals surface area contributed by atoms with E-state index in [1.165, 1.54) is 0 Å². The lowest BCUT2D eigenvalue weighted by atomic mass is 9.97. The number of esters is 1. The van der Waals surface area contributed by atoms with Gasteiger partial charge in [-0.25, -0.2) is 0 Å². The van der Waals surface area contributed by atoms with Gasteiger partial charge in [-0.15, -0.1) is 0 Å². The molecule has 82 valence electrons. The SMILES string of the molecule is CC(C)C(C)OC(=O)C(C)(N)C1CC1. The molecule has 0 bridgehead atoms. The summed E-state index contributed by atoms with van der Waals surface area (Å²) in [6.45, 7) is 7.75. The van der Waals surface area contributed by atoms with E-state index in [2.05, 4.69) is 0 Å². The number of carbonyl (C=O) groups excluding carboxylic acids is 1. The molecule has 0 aliphatic heterocycles. The first kappa shape index (κ1) is 11.5. The van der Waals surface area contributed by atoms with Gasteiger partial charge in [0.15, 0.2) is 0 Å². The van der Waals surface area contributed by atoms with Gasteiger partial charge in [0.2, 0.25) is 0 Å². The molecule has 2 unspecified atom stereocenters. The normalized spacial score (nSPS) is 23.0. The molecule has 1 saturated carbocycles. The molecular weight excluding hydrogens is 178 g/mol. The average molecular weight is 199 g/mol. The van der Waals surface area contributed by atoms with E-state index in [1.54, 1.807) is 6.92 Å². The fourth-order valence-electron chi connectivity index (χ4n) is 1.28. The number of nitrogens with two attached hydrogens (primary N) is 1. The summed E-state index contributed by atoms with van der Waals surface area (Å²) in [5.41, 5.74) is 5.16. The summed E-state index contributed by atoms with van der Waals surface area (Å²) in [6.07, 6.45) is 2.06. The molecule has 0 radical (unpaired) electrons. The molecule has 0 saturated heterocycles. The van der Waals surface area contributed by atoms with Crippen LogP contribution >= 0.6 is 0 Å². The van der Waals surface area contributed by atoms with Gasteiger partial charge in [0.25, 0.3) is 0 Å². The van der Waals surface area contributed by atoms with Crippen LogP contribution in [0.1, 0.15) is 40.5 Å². The van der Waals surface area contributed by atoms with E-state index in [0.717, 1.165) is 12.8 Å². The van der Waals surface area contributed by atoms with E-state index in [4.69, 9.17) is 10.5 Å². The maximum Gasteiger partial charge on any atom is 0.326 e. The van der Waals surface area contributed by atoms with Gasteiger partial charge >= 0.3 is 5.97 Å². The van der Waals surface area contributed by atoms with Gasteiger partial charge in [0.05, 0.1) is 0 Å². The Hall–Kier alpha value is -0.570. The zero-order valence-corrected chi connectivity index (χ0v) is 9.54. The minimum atomic E-state index is -0.775. The van der Waals surface area contributed by atoms with Crippen molar-refractivity contribution < 1.29 is 9.53 Å².